The molecule has 0 amide bonds. The van der Waals surface area contributed by atoms with E-state index in [1.54, 1.807) is 0 Å². The zero-order valence-corrected chi connectivity index (χ0v) is 12.3. The lowest BCUT2D eigenvalue weighted by molar-refractivity contribution is 0.104. The van der Waals surface area contributed by atoms with Gasteiger partial charge >= 0.3 is 0 Å². The summed E-state index contributed by atoms with van der Waals surface area (Å²) >= 11 is 0. The second-order valence-corrected chi connectivity index (χ2v) is 5.54. The summed E-state index contributed by atoms with van der Waals surface area (Å²) in [4.78, 5) is 12.4. The van der Waals surface area contributed by atoms with Crippen LogP contribution in [0.3, 0.4) is 0 Å². The van der Waals surface area contributed by atoms with E-state index in [4.69, 9.17) is 4.74 Å². The van der Waals surface area contributed by atoms with Gasteiger partial charge < -0.3 is 4.74 Å². The van der Waals surface area contributed by atoms with E-state index in [1.807, 2.05) is 68.5 Å². The van der Waals surface area contributed by atoms with E-state index in [9.17, 15) is 4.79 Å². The first-order valence-electron chi connectivity index (χ1n) is 7.24. The lowest BCUT2D eigenvalue weighted by Crippen LogP contribution is -2.06. The lowest BCUT2D eigenvalue weighted by atomic mass is 10.1. The molecule has 1 aliphatic carbocycles. The number of carbonyl (C=O) groups is 1. The Hall–Kier alpha value is -2.35. The van der Waals surface area contributed by atoms with Crippen molar-refractivity contribution in [3.8, 4) is 5.75 Å². The van der Waals surface area contributed by atoms with Crippen LogP contribution in [0.25, 0.3) is 6.08 Å². The maximum Gasteiger partial charge on any atom is 0.189 e. The predicted molar refractivity (Wildman–Crippen MR) is 84.7 cm³/mol. The number of Topliss-reactive ketones (excluding diaryl/α,β-unsaturated/α-hetero) is 1. The first-order valence-corrected chi connectivity index (χ1v) is 7.24. The molecule has 0 radical (unpaired) electrons. The Balaban J connectivity index is 1.96. The molecule has 0 unspecified atom stereocenters. The molecule has 21 heavy (non-hydrogen) atoms. The van der Waals surface area contributed by atoms with Crippen LogP contribution in [0.4, 0.5) is 0 Å². The third-order valence-electron chi connectivity index (χ3n) is 3.55. The number of benzene rings is 2. The van der Waals surface area contributed by atoms with Crippen molar-refractivity contribution in [2.45, 2.75) is 26.4 Å². The van der Waals surface area contributed by atoms with Crippen LogP contribution in [0.1, 0.15) is 35.3 Å². The number of ether oxygens (including phenoxy) is 1. The summed E-state index contributed by atoms with van der Waals surface area (Å²) in [5, 5.41) is 0. The van der Waals surface area contributed by atoms with Gasteiger partial charge in [0.2, 0.25) is 0 Å². The molecule has 0 aromatic heterocycles. The van der Waals surface area contributed by atoms with Gasteiger partial charge in [0.15, 0.2) is 5.78 Å². The van der Waals surface area contributed by atoms with Crippen LogP contribution in [-0.2, 0) is 6.42 Å². The predicted octanol–water partition coefficient (Wildman–Crippen LogP) is 4.30. The number of rotatable bonds is 3. The highest BCUT2D eigenvalue weighted by Crippen LogP contribution is 2.30. The Morgan fingerprint density at radius 3 is 2.52 bits per heavy atom. The Kier molecular flexibility index (Phi) is 3.61. The van der Waals surface area contributed by atoms with E-state index in [-0.39, 0.29) is 11.9 Å². The fourth-order valence-corrected chi connectivity index (χ4v) is 2.62. The molecule has 2 aromatic rings. The van der Waals surface area contributed by atoms with Crippen molar-refractivity contribution in [2.24, 2.45) is 0 Å². The average Bonchev–Trinajstić information content (AvgIpc) is 2.78. The van der Waals surface area contributed by atoms with Gasteiger partial charge in [-0.1, -0.05) is 42.5 Å². The average molecular weight is 278 g/mol. The van der Waals surface area contributed by atoms with Crippen molar-refractivity contribution in [1.82, 2.24) is 0 Å². The van der Waals surface area contributed by atoms with Crippen LogP contribution in [0.2, 0.25) is 0 Å². The van der Waals surface area contributed by atoms with Crippen LogP contribution >= 0.6 is 0 Å². The summed E-state index contributed by atoms with van der Waals surface area (Å²) in [5.74, 6) is 0.953. The summed E-state index contributed by atoms with van der Waals surface area (Å²) in [6, 6.07) is 15.6. The van der Waals surface area contributed by atoms with Crippen molar-refractivity contribution >= 4 is 11.9 Å². The Bertz CT molecular complexity index is 711. The van der Waals surface area contributed by atoms with Gasteiger partial charge in [0.05, 0.1) is 6.10 Å². The topological polar surface area (TPSA) is 26.3 Å². The Morgan fingerprint density at radius 2 is 1.76 bits per heavy atom. The van der Waals surface area contributed by atoms with E-state index < -0.39 is 0 Å². The smallest absolute Gasteiger partial charge is 0.189 e. The molecule has 0 spiro atoms. The first kappa shape index (κ1) is 13.6. The molecule has 0 aliphatic heterocycles. The third-order valence-corrected chi connectivity index (χ3v) is 3.55. The molecule has 0 N–H and O–H groups in total. The molecule has 2 aromatic carbocycles. The molecule has 0 atom stereocenters. The summed E-state index contributed by atoms with van der Waals surface area (Å²) in [6.07, 6.45) is 2.77. The van der Waals surface area contributed by atoms with Gasteiger partial charge in [-0.05, 0) is 31.6 Å². The van der Waals surface area contributed by atoms with E-state index in [2.05, 4.69) is 0 Å². The van der Waals surface area contributed by atoms with E-state index >= 15 is 0 Å². The fourth-order valence-electron chi connectivity index (χ4n) is 2.62. The summed E-state index contributed by atoms with van der Waals surface area (Å²) < 4.78 is 5.81. The highest BCUT2D eigenvalue weighted by molar-refractivity contribution is 6.15. The number of fused-ring (bicyclic) bond motifs is 1. The van der Waals surface area contributed by atoms with Crippen LogP contribution in [-0.4, -0.2) is 11.9 Å². The summed E-state index contributed by atoms with van der Waals surface area (Å²) in [5.41, 5.74) is 3.72. The molecular weight excluding hydrogens is 260 g/mol. The molecule has 1 aliphatic rings. The maximum absolute atomic E-state index is 12.4. The van der Waals surface area contributed by atoms with Gasteiger partial charge in [-0.15, -0.1) is 0 Å². The number of hydrogen-bond acceptors (Lipinski definition) is 2. The molecule has 0 heterocycles. The number of hydrogen-bond donors (Lipinski definition) is 0. The Labute approximate surface area is 125 Å². The van der Waals surface area contributed by atoms with E-state index in [1.165, 1.54) is 0 Å². The fraction of sp³-hybridized carbons (Fsp3) is 0.211. The normalized spacial score (nSPS) is 15.6. The summed E-state index contributed by atoms with van der Waals surface area (Å²) in [7, 11) is 0. The first-order chi connectivity index (χ1) is 10.1. The van der Waals surface area contributed by atoms with Crippen LogP contribution < -0.4 is 4.74 Å². The van der Waals surface area contributed by atoms with Crippen molar-refractivity contribution in [3.63, 3.8) is 0 Å². The minimum Gasteiger partial charge on any atom is -0.490 e. The highest BCUT2D eigenvalue weighted by atomic mass is 16.5. The minimum absolute atomic E-state index is 0.112. The molecule has 2 nitrogen and oxygen atoms in total. The van der Waals surface area contributed by atoms with E-state index in [0.29, 0.717) is 6.42 Å². The standard InChI is InChI=1S/C19H18O2/c1-13(2)21-18-10-6-4-8-15(18)12-16-11-14-7-3-5-9-17(14)19(16)20/h3-10,12-13H,11H2,1-2H3. The molecule has 0 fully saturated rings. The lowest BCUT2D eigenvalue weighted by Gasteiger charge is -2.12. The SMILES string of the molecule is CC(C)Oc1ccccc1C=C1Cc2ccccc2C1=O. The van der Waals surface area contributed by atoms with Gasteiger partial charge in [0, 0.05) is 23.1 Å². The molecular formula is C19H18O2. The monoisotopic (exact) mass is 278 g/mol. The highest BCUT2D eigenvalue weighted by Gasteiger charge is 2.24. The zero-order chi connectivity index (χ0) is 14.8. The van der Waals surface area contributed by atoms with Crippen LogP contribution in [0, 0.1) is 0 Å². The van der Waals surface area contributed by atoms with E-state index in [0.717, 1.165) is 28.0 Å². The van der Waals surface area contributed by atoms with Gasteiger partial charge in [-0.2, -0.15) is 0 Å². The number of ketones is 1. The molecule has 2 heteroatoms. The van der Waals surface area contributed by atoms with Gasteiger partial charge in [-0.3, -0.25) is 4.79 Å². The summed E-state index contributed by atoms with van der Waals surface area (Å²) in [6.45, 7) is 4.00. The zero-order valence-electron chi connectivity index (χ0n) is 12.3. The quantitative estimate of drug-likeness (QED) is 0.783. The maximum atomic E-state index is 12.4. The number of carbonyl (C=O) groups excluding carboxylic acids is 1. The van der Waals surface area contributed by atoms with Crippen LogP contribution in [0.5, 0.6) is 5.75 Å². The largest absolute Gasteiger partial charge is 0.490 e. The van der Waals surface area contributed by atoms with Crippen molar-refractivity contribution in [2.75, 3.05) is 0 Å². The van der Waals surface area contributed by atoms with Gasteiger partial charge in [0.1, 0.15) is 5.75 Å². The second-order valence-electron chi connectivity index (χ2n) is 5.54. The van der Waals surface area contributed by atoms with Gasteiger partial charge in [0.25, 0.3) is 0 Å². The third kappa shape index (κ3) is 2.75. The molecule has 0 saturated heterocycles. The minimum atomic E-state index is 0.112. The van der Waals surface area contributed by atoms with Crippen molar-refractivity contribution in [1.29, 1.82) is 0 Å². The van der Waals surface area contributed by atoms with Crippen molar-refractivity contribution < 1.29 is 9.53 Å². The molecule has 0 bridgehead atoms. The molecule has 3 rings (SSSR count). The van der Waals surface area contributed by atoms with Crippen LogP contribution in [0.15, 0.2) is 54.1 Å². The molecule has 0 saturated carbocycles. The molecule has 106 valence electrons. The van der Waals surface area contributed by atoms with Gasteiger partial charge in [-0.25, -0.2) is 0 Å². The number of allylic oxidation sites excluding steroid dienone is 1. The Morgan fingerprint density at radius 1 is 1.05 bits per heavy atom. The second kappa shape index (κ2) is 5.57. The van der Waals surface area contributed by atoms with Crippen molar-refractivity contribution in [3.05, 3.63) is 70.8 Å². The number of para-hydroxylation sites is 1.